The van der Waals surface area contributed by atoms with E-state index < -0.39 is 21.8 Å². The van der Waals surface area contributed by atoms with Gasteiger partial charge in [0.25, 0.3) is 0 Å². The van der Waals surface area contributed by atoms with Gasteiger partial charge in [0.15, 0.2) is 0 Å². The molecule has 0 spiro atoms. The number of rotatable bonds is 4. The van der Waals surface area contributed by atoms with Crippen molar-refractivity contribution in [3.63, 3.8) is 0 Å². The van der Waals surface area contributed by atoms with Gasteiger partial charge in [-0.25, -0.2) is 8.42 Å². The van der Waals surface area contributed by atoms with Gasteiger partial charge in [-0.05, 0) is 48.6 Å². The Morgan fingerprint density at radius 3 is 2.23 bits per heavy atom. The van der Waals surface area contributed by atoms with Crippen LogP contribution in [0.25, 0.3) is 6.08 Å². The molecule has 0 radical (unpaired) electrons. The van der Waals surface area contributed by atoms with Crippen molar-refractivity contribution >= 4 is 16.1 Å². The number of benzene rings is 2. The Hall–Kier alpha value is -2.38. The molecule has 3 atom stereocenters. The van der Waals surface area contributed by atoms with Gasteiger partial charge < -0.3 is 0 Å². The summed E-state index contributed by atoms with van der Waals surface area (Å²) in [6.45, 7) is 6.57. The molecule has 2 aromatic carbocycles. The van der Waals surface area contributed by atoms with Crippen molar-refractivity contribution in [2.45, 2.75) is 18.0 Å². The highest BCUT2D eigenvalue weighted by atomic mass is 32.2. The largest absolute Gasteiger partial charge is 0.416 e. The molecule has 0 aromatic heterocycles. The predicted octanol–water partition coefficient (Wildman–Crippen LogP) is 5.15. The minimum Gasteiger partial charge on any atom is -0.207 e. The minimum atomic E-state index is -4.37. The van der Waals surface area contributed by atoms with Crippen molar-refractivity contribution in [3.05, 3.63) is 83.4 Å². The second-order valence-electron chi connectivity index (χ2n) is 7.93. The molecule has 1 heterocycles. The van der Waals surface area contributed by atoms with Gasteiger partial charge in [0.05, 0.1) is 10.5 Å². The maximum Gasteiger partial charge on any atom is 0.416 e. The zero-order chi connectivity index (χ0) is 21.7. The number of alkyl halides is 3. The molecule has 158 valence electrons. The van der Waals surface area contributed by atoms with Gasteiger partial charge in [-0.15, -0.1) is 6.58 Å². The molecule has 1 saturated carbocycles. The summed E-state index contributed by atoms with van der Waals surface area (Å²) < 4.78 is 65.9. The third kappa shape index (κ3) is 3.61. The van der Waals surface area contributed by atoms with Crippen LogP contribution < -0.4 is 0 Å². The van der Waals surface area contributed by atoms with Gasteiger partial charge in [-0.2, -0.15) is 17.5 Å². The van der Waals surface area contributed by atoms with Crippen LogP contribution in [-0.4, -0.2) is 25.8 Å². The first-order chi connectivity index (χ1) is 14.1. The fourth-order valence-electron chi connectivity index (χ4n) is 4.41. The lowest BCUT2D eigenvalue weighted by atomic mass is 9.62. The third-order valence-corrected chi connectivity index (χ3v) is 7.94. The molecule has 1 aliphatic carbocycles. The van der Waals surface area contributed by atoms with Crippen molar-refractivity contribution in [1.82, 2.24) is 4.31 Å². The Morgan fingerprint density at radius 2 is 1.67 bits per heavy atom. The predicted molar refractivity (Wildman–Crippen MR) is 110 cm³/mol. The van der Waals surface area contributed by atoms with Crippen LogP contribution in [0.5, 0.6) is 0 Å². The fourth-order valence-corrected chi connectivity index (χ4v) is 5.92. The maximum atomic E-state index is 13.0. The Kier molecular flexibility index (Phi) is 5.14. The molecule has 7 heteroatoms. The van der Waals surface area contributed by atoms with E-state index >= 15 is 0 Å². The van der Waals surface area contributed by atoms with Crippen LogP contribution in [0.2, 0.25) is 0 Å². The average Bonchev–Trinajstić information content (AvgIpc) is 3.07. The summed E-state index contributed by atoms with van der Waals surface area (Å²) in [5.41, 5.74) is 2.00. The highest BCUT2D eigenvalue weighted by molar-refractivity contribution is 7.89. The Morgan fingerprint density at radius 1 is 1.03 bits per heavy atom. The van der Waals surface area contributed by atoms with Crippen LogP contribution in [0.3, 0.4) is 0 Å². The number of fused-ring (bicyclic) bond motifs is 1. The minimum absolute atomic E-state index is 0.0236. The lowest BCUT2D eigenvalue weighted by Crippen LogP contribution is -2.37. The first-order valence-electron chi connectivity index (χ1n) is 9.69. The number of sulfonamides is 1. The van der Waals surface area contributed by atoms with Crippen LogP contribution in [0.4, 0.5) is 13.2 Å². The number of allylic oxidation sites excluding steroid dienone is 1. The van der Waals surface area contributed by atoms with E-state index in [0.717, 1.165) is 23.3 Å². The van der Waals surface area contributed by atoms with E-state index in [1.54, 1.807) is 30.3 Å². The molecule has 4 rings (SSSR count). The molecule has 1 saturated heterocycles. The molecule has 0 bridgehead atoms. The monoisotopic (exact) mass is 433 g/mol. The van der Waals surface area contributed by atoms with Crippen molar-refractivity contribution in [3.8, 4) is 0 Å². The summed E-state index contributed by atoms with van der Waals surface area (Å²) >= 11 is 0. The normalized spacial score (nSPS) is 25.7. The van der Waals surface area contributed by atoms with Crippen molar-refractivity contribution in [2.24, 2.45) is 17.8 Å². The summed E-state index contributed by atoms with van der Waals surface area (Å²) in [4.78, 5) is 0.276. The zero-order valence-corrected chi connectivity index (χ0v) is 17.2. The van der Waals surface area contributed by atoms with Crippen LogP contribution >= 0.6 is 0 Å². The van der Waals surface area contributed by atoms with E-state index in [1.165, 1.54) is 16.4 Å². The Bertz CT molecular complexity index is 1090. The van der Waals surface area contributed by atoms with Crippen LogP contribution in [0, 0.1) is 24.7 Å². The van der Waals surface area contributed by atoms with Gasteiger partial charge in [-0.1, -0.05) is 47.6 Å². The molecule has 1 aliphatic heterocycles. The summed E-state index contributed by atoms with van der Waals surface area (Å²) in [7, 11) is -3.58. The molecule has 2 aromatic rings. The molecule has 2 aliphatic rings. The van der Waals surface area contributed by atoms with Crippen LogP contribution in [-0.2, 0) is 16.2 Å². The number of nitrogens with zero attached hydrogens (tertiary/aromatic N) is 1. The second kappa shape index (κ2) is 7.39. The van der Waals surface area contributed by atoms with Gasteiger partial charge in [-0.3, -0.25) is 0 Å². The van der Waals surface area contributed by atoms with Gasteiger partial charge in [0.1, 0.15) is 0 Å². The molecule has 0 amide bonds. The average molecular weight is 433 g/mol. The second-order valence-corrected chi connectivity index (χ2v) is 9.87. The van der Waals surface area contributed by atoms with Gasteiger partial charge in [0.2, 0.25) is 10.0 Å². The smallest absolute Gasteiger partial charge is 0.207 e. The molecular formula is C23H22F3NO2S. The molecule has 3 nitrogen and oxygen atoms in total. The molecular weight excluding hydrogens is 411 g/mol. The molecule has 0 N–H and O–H groups in total. The molecule has 0 unspecified atom stereocenters. The van der Waals surface area contributed by atoms with Crippen LogP contribution in [0.15, 0.2) is 71.7 Å². The first-order valence-corrected chi connectivity index (χ1v) is 11.1. The summed E-state index contributed by atoms with van der Waals surface area (Å²) in [6.07, 6.45) is -0.693. The lowest BCUT2D eigenvalue weighted by Gasteiger charge is -2.41. The van der Waals surface area contributed by atoms with E-state index in [1.807, 2.05) is 13.0 Å². The van der Waals surface area contributed by atoms with E-state index in [2.05, 4.69) is 6.58 Å². The van der Waals surface area contributed by atoms with Crippen LogP contribution in [0.1, 0.15) is 16.7 Å². The standard InChI is InChI=1S/C23H22F3NO2S/c1-3-19-20(12-16-6-8-17(9-7-16)23(24,25)26)22-14-27(13-21(19)22)30(28,29)18-10-4-15(2)5-11-18/h3-12,19,21-22H,1,13-14H2,2H3/b20-12-/t19-,21+,22-/m0/s1. The fraction of sp³-hybridized carbons (Fsp3) is 0.304. The van der Waals surface area contributed by atoms with Crippen molar-refractivity contribution < 1.29 is 21.6 Å². The highest BCUT2D eigenvalue weighted by Crippen LogP contribution is 2.52. The summed E-state index contributed by atoms with van der Waals surface area (Å²) in [6, 6.07) is 11.8. The lowest BCUT2D eigenvalue weighted by molar-refractivity contribution is -0.137. The Labute approximate surface area is 174 Å². The van der Waals surface area contributed by atoms with E-state index in [-0.39, 0.29) is 22.6 Å². The highest BCUT2D eigenvalue weighted by Gasteiger charge is 2.52. The molecule has 2 fully saturated rings. The number of hydrogen-bond donors (Lipinski definition) is 0. The van der Waals surface area contributed by atoms with Gasteiger partial charge in [0, 0.05) is 19.0 Å². The molecule has 30 heavy (non-hydrogen) atoms. The van der Waals surface area contributed by atoms with Crippen molar-refractivity contribution in [1.29, 1.82) is 0 Å². The van der Waals surface area contributed by atoms with Gasteiger partial charge >= 0.3 is 6.18 Å². The number of halogens is 3. The third-order valence-electron chi connectivity index (χ3n) is 6.09. The number of aryl methyl sites for hydroxylation is 1. The number of hydrogen-bond acceptors (Lipinski definition) is 2. The summed E-state index contributed by atoms with van der Waals surface area (Å²) in [5, 5.41) is 0. The van der Waals surface area contributed by atoms with E-state index in [9.17, 15) is 21.6 Å². The summed E-state index contributed by atoms with van der Waals surface area (Å²) in [5.74, 6) is 0.217. The van der Waals surface area contributed by atoms with E-state index in [0.29, 0.717) is 18.7 Å². The quantitative estimate of drug-likeness (QED) is 0.626. The zero-order valence-electron chi connectivity index (χ0n) is 16.4. The first kappa shape index (κ1) is 20.9. The SMILES string of the molecule is C=C[C@H]1/C(=C/c2ccc(C(F)(F)F)cc2)[C@@H]2CN(S(=O)(=O)c3ccc(C)cc3)C[C@H]12. The van der Waals surface area contributed by atoms with E-state index in [4.69, 9.17) is 0 Å². The van der Waals surface area contributed by atoms with Crippen molar-refractivity contribution in [2.75, 3.05) is 13.1 Å². The maximum absolute atomic E-state index is 13.0. The Balaban J connectivity index is 1.57. The topological polar surface area (TPSA) is 37.4 Å².